The summed E-state index contributed by atoms with van der Waals surface area (Å²) in [7, 11) is 1.83. The molecule has 10 heavy (non-hydrogen) atoms. The highest BCUT2D eigenvalue weighted by molar-refractivity contribution is 5.05. The number of piperidine rings is 1. The molecule has 1 N–H and O–H groups in total. The molecule has 0 aromatic heterocycles. The Bertz CT molecular complexity index is 131. The largest absolute Gasteiger partial charge is 0.381 e. The third-order valence-electron chi connectivity index (χ3n) is 2.77. The molecular formula is C8H15NO. The van der Waals surface area contributed by atoms with Crippen LogP contribution >= 0.6 is 0 Å². The highest BCUT2D eigenvalue weighted by atomic mass is 16.5. The molecule has 2 heteroatoms. The zero-order valence-corrected chi connectivity index (χ0v) is 6.52. The fraction of sp³-hybridized carbons (Fsp3) is 1.00. The lowest BCUT2D eigenvalue weighted by molar-refractivity contribution is 0.0577. The summed E-state index contributed by atoms with van der Waals surface area (Å²) in [5, 5.41) is 3.55. The Labute approximate surface area is 61.9 Å². The molecule has 2 aliphatic rings. The van der Waals surface area contributed by atoms with Gasteiger partial charge in [0.1, 0.15) is 0 Å². The van der Waals surface area contributed by atoms with Crippen molar-refractivity contribution in [3.05, 3.63) is 0 Å². The lowest BCUT2D eigenvalue weighted by atomic mass is 10.0. The van der Waals surface area contributed by atoms with Crippen molar-refractivity contribution in [3.8, 4) is 0 Å². The summed E-state index contributed by atoms with van der Waals surface area (Å²) in [5.74, 6) is 0. The fourth-order valence-electron chi connectivity index (χ4n) is 1.84. The maximum Gasteiger partial charge on any atom is 0.0601 e. The number of rotatable bonds is 1. The van der Waals surface area contributed by atoms with E-state index in [0.717, 1.165) is 6.54 Å². The van der Waals surface area contributed by atoms with Crippen molar-refractivity contribution >= 4 is 0 Å². The summed E-state index contributed by atoms with van der Waals surface area (Å²) >= 11 is 0. The van der Waals surface area contributed by atoms with E-state index in [2.05, 4.69) is 5.32 Å². The Morgan fingerprint density at radius 2 is 2.30 bits per heavy atom. The molecule has 1 aliphatic carbocycles. The second-order valence-corrected chi connectivity index (χ2v) is 3.56. The Hall–Kier alpha value is -0.0800. The monoisotopic (exact) mass is 141 g/mol. The normalized spacial score (nSPS) is 36.3. The molecule has 1 saturated heterocycles. The summed E-state index contributed by atoms with van der Waals surface area (Å²) in [6.07, 6.45) is 5.70. The Morgan fingerprint density at radius 1 is 1.50 bits per heavy atom. The summed E-state index contributed by atoms with van der Waals surface area (Å²) in [6.45, 7) is 1.15. The van der Waals surface area contributed by atoms with Gasteiger partial charge < -0.3 is 10.1 Å². The van der Waals surface area contributed by atoms with E-state index >= 15 is 0 Å². The van der Waals surface area contributed by atoms with Gasteiger partial charge in [0.25, 0.3) is 0 Å². The van der Waals surface area contributed by atoms with E-state index in [1.807, 2.05) is 7.11 Å². The molecule has 0 bridgehead atoms. The van der Waals surface area contributed by atoms with Crippen LogP contribution in [0.15, 0.2) is 0 Å². The van der Waals surface area contributed by atoms with Crippen molar-refractivity contribution in [2.24, 2.45) is 0 Å². The van der Waals surface area contributed by atoms with Crippen LogP contribution in [-0.2, 0) is 4.74 Å². The molecule has 1 heterocycles. The number of ether oxygens (including phenoxy) is 1. The first-order valence-corrected chi connectivity index (χ1v) is 4.12. The van der Waals surface area contributed by atoms with Crippen LogP contribution in [0.2, 0.25) is 0 Å². The van der Waals surface area contributed by atoms with Crippen molar-refractivity contribution in [2.75, 3.05) is 13.7 Å². The second kappa shape index (κ2) is 2.21. The maximum atomic E-state index is 5.33. The van der Waals surface area contributed by atoms with E-state index in [1.165, 1.54) is 25.7 Å². The lowest BCUT2D eigenvalue weighted by Gasteiger charge is -2.29. The average Bonchev–Trinajstić information content (AvgIpc) is 2.70. The van der Waals surface area contributed by atoms with Crippen molar-refractivity contribution in [2.45, 2.75) is 37.3 Å². The van der Waals surface area contributed by atoms with Gasteiger partial charge in [0.05, 0.1) is 6.10 Å². The van der Waals surface area contributed by atoms with Crippen LogP contribution in [0.4, 0.5) is 0 Å². The molecule has 1 spiro atoms. The third-order valence-corrected chi connectivity index (χ3v) is 2.77. The zero-order chi connectivity index (χ0) is 7.03. The zero-order valence-electron chi connectivity index (χ0n) is 6.52. The summed E-state index contributed by atoms with van der Waals surface area (Å²) < 4.78 is 5.33. The minimum atomic E-state index is 0.527. The summed E-state index contributed by atoms with van der Waals surface area (Å²) in [5.41, 5.74) is 0.527. The van der Waals surface area contributed by atoms with Gasteiger partial charge in [-0.3, -0.25) is 0 Å². The lowest BCUT2D eigenvalue weighted by Crippen LogP contribution is -2.42. The van der Waals surface area contributed by atoms with E-state index in [0.29, 0.717) is 11.6 Å². The number of nitrogens with one attached hydrogen (secondary N) is 1. The number of hydrogen-bond donors (Lipinski definition) is 1. The van der Waals surface area contributed by atoms with E-state index < -0.39 is 0 Å². The Balaban J connectivity index is 1.91. The fourth-order valence-corrected chi connectivity index (χ4v) is 1.84. The standard InChI is InChI=1S/C8H15NO/c1-10-7-2-5-9-8(6-7)3-4-8/h7,9H,2-6H2,1H3. The van der Waals surface area contributed by atoms with Gasteiger partial charge in [-0.2, -0.15) is 0 Å². The number of hydrogen-bond acceptors (Lipinski definition) is 2. The molecule has 2 nitrogen and oxygen atoms in total. The molecule has 2 fully saturated rings. The SMILES string of the molecule is COC1CCNC2(CC2)C1. The molecule has 0 radical (unpaired) electrons. The van der Waals surface area contributed by atoms with Gasteiger partial charge in [-0.05, 0) is 32.2 Å². The minimum Gasteiger partial charge on any atom is -0.381 e. The van der Waals surface area contributed by atoms with Crippen LogP contribution in [0.3, 0.4) is 0 Å². The van der Waals surface area contributed by atoms with E-state index in [9.17, 15) is 0 Å². The number of methoxy groups -OCH3 is 1. The molecule has 58 valence electrons. The van der Waals surface area contributed by atoms with E-state index in [-0.39, 0.29) is 0 Å². The first-order chi connectivity index (χ1) is 4.85. The van der Waals surface area contributed by atoms with Crippen LogP contribution in [0, 0.1) is 0 Å². The van der Waals surface area contributed by atoms with Crippen LogP contribution in [0.25, 0.3) is 0 Å². The van der Waals surface area contributed by atoms with Crippen LogP contribution in [-0.4, -0.2) is 25.3 Å². The van der Waals surface area contributed by atoms with Gasteiger partial charge in [-0.15, -0.1) is 0 Å². The quantitative estimate of drug-likeness (QED) is 0.586. The van der Waals surface area contributed by atoms with E-state index in [4.69, 9.17) is 4.74 Å². The average molecular weight is 141 g/mol. The molecule has 0 aromatic carbocycles. The molecule has 1 aliphatic heterocycles. The third kappa shape index (κ3) is 1.06. The Kier molecular flexibility index (Phi) is 1.46. The molecule has 1 atom stereocenters. The molecule has 1 saturated carbocycles. The van der Waals surface area contributed by atoms with Crippen LogP contribution in [0.1, 0.15) is 25.7 Å². The van der Waals surface area contributed by atoms with Crippen molar-refractivity contribution in [1.82, 2.24) is 5.32 Å². The van der Waals surface area contributed by atoms with Gasteiger partial charge in [-0.1, -0.05) is 0 Å². The van der Waals surface area contributed by atoms with Gasteiger partial charge in [0.2, 0.25) is 0 Å². The van der Waals surface area contributed by atoms with Crippen LogP contribution < -0.4 is 5.32 Å². The van der Waals surface area contributed by atoms with Gasteiger partial charge in [0.15, 0.2) is 0 Å². The Morgan fingerprint density at radius 3 is 2.90 bits per heavy atom. The minimum absolute atomic E-state index is 0.527. The van der Waals surface area contributed by atoms with Gasteiger partial charge >= 0.3 is 0 Å². The smallest absolute Gasteiger partial charge is 0.0601 e. The molecule has 0 aromatic rings. The molecule has 1 unspecified atom stereocenters. The van der Waals surface area contributed by atoms with Crippen LogP contribution in [0.5, 0.6) is 0 Å². The maximum absolute atomic E-state index is 5.33. The second-order valence-electron chi connectivity index (χ2n) is 3.56. The molecule has 0 amide bonds. The first-order valence-electron chi connectivity index (χ1n) is 4.12. The van der Waals surface area contributed by atoms with Crippen molar-refractivity contribution < 1.29 is 4.74 Å². The summed E-state index contributed by atoms with van der Waals surface area (Å²) in [6, 6.07) is 0. The molecular weight excluding hydrogens is 126 g/mol. The predicted molar refractivity (Wildman–Crippen MR) is 40.0 cm³/mol. The van der Waals surface area contributed by atoms with Crippen molar-refractivity contribution in [1.29, 1.82) is 0 Å². The van der Waals surface area contributed by atoms with Gasteiger partial charge in [-0.25, -0.2) is 0 Å². The van der Waals surface area contributed by atoms with E-state index in [1.54, 1.807) is 0 Å². The molecule has 2 rings (SSSR count). The van der Waals surface area contributed by atoms with Crippen molar-refractivity contribution in [3.63, 3.8) is 0 Å². The predicted octanol–water partition coefficient (Wildman–Crippen LogP) is 0.917. The topological polar surface area (TPSA) is 21.3 Å². The first kappa shape index (κ1) is 6.62. The highest BCUT2D eigenvalue weighted by Gasteiger charge is 2.45. The van der Waals surface area contributed by atoms with Gasteiger partial charge in [0, 0.05) is 12.6 Å². The summed E-state index contributed by atoms with van der Waals surface area (Å²) in [4.78, 5) is 0. The highest BCUT2D eigenvalue weighted by Crippen LogP contribution is 2.42.